The molecule has 3 aromatic rings. The summed E-state index contributed by atoms with van der Waals surface area (Å²) in [6.07, 6.45) is 0. The summed E-state index contributed by atoms with van der Waals surface area (Å²) in [5.74, 6) is 0.536. The van der Waals surface area contributed by atoms with Gasteiger partial charge in [0.15, 0.2) is 17.1 Å². The van der Waals surface area contributed by atoms with Gasteiger partial charge in [0.1, 0.15) is 0 Å². The number of amides is 1. The molecule has 6 nitrogen and oxygen atoms in total. The van der Waals surface area contributed by atoms with Crippen molar-refractivity contribution in [3.63, 3.8) is 0 Å². The maximum atomic E-state index is 12.9. The molecule has 0 radical (unpaired) electrons. The Morgan fingerprint density at radius 3 is 2.52 bits per heavy atom. The van der Waals surface area contributed by atoms with Gasteiger partial charge in [0.2, 0.25) is 0 Å². The minimum Gasteiger partial charge on any atom is -0.462 e. The first kappa shape index (κ1) is 20.6. The molecule has 0 spiro atoms. The molecule has 0 fully saturated rings. The van der Waals surface area contributed by atoms with Gasteiger partial charge in [0.25, 0.3) is 11.7 Å². The zero-order valence-corrected chi connectivity index (χ0v) is 17.4. The number of carbonyl (C=O) groups excluding carboxylic acids is 2. The lowest BCUT2D eigenvalue weighted by atomic mass is 10.2. The fourth-order valence-electron chi connectivity index (χ4n) is 3.70. The Hall–Kier alpha value is -3.15. The van der Waals surface area contributed by atoms with E-state index in [9.17, 15) is 9.59 Å². The van der Waals surface area contributed by atoms with Gasteiger partial charge >= 0.3 is 5.97 Å². The standard InChI is InChI=1S/C23H27N3O3/c1-5-25-17(4)26(16(3)22(27)24-15-18-10-8-7-9-11-18)21-14-19(12-13-20(21)25)23(28)29-6-2/h7-14,16H,5-6,15H2,1-4H3/p+1/t16-/m1/s1. The second-order valence-corrected chi connectivity index (χ2v) is 6.96. The van der Waals surface area contributed by atoms with Crippen molar-refractivity contribution in [3.05, 3.63) is 65.5 Å². The largest absolute Gasteiger partial charge is 0.462 e. The number of fused-ring (bicyclic) bond motifs is 1. The molecule has 0 saturated heterocycles. The van der Waals surface area contributed by atoms with Crippen LogP contribution >= 0.6 is 0 Å². The van der Waals surface area contributed by atoms with Gasteiger partial charge in [-0.1, -0.05) is 30.3 Å². The molecule has 1 N–H and O–H groups in total. The molecule has 0 aliphatic heterocycles. The third-order valence-corrected chi connectivity index (χ3v) is 5.17. The molecule has 1 amide bonds. The highest BCUT2D eigenvalue weighted by Gasteiger charge is 2.29. The Kier molecular flexibility index (Phi) is 6.32. The summed E-state index contributed by atoms with van der Waals surface area (Å²) in [7, 11) is 0. The smallest absolute Gasteiger partial charge is 0.338 e. The van der Waals surface area contributed by atoms with E-state index >= 15 is 0 Å². The summed E-state index contributed by atoms with van der Waals surface area (Å²) in [5.41, 5.74) is 3.37. The van der Waals surface area contributed by atoms with Crippen molar-refractivity contribution in [2.45, 2.75) is 46.8 Å². The van der Waals surface area contributed by atoms with E-state index in [4.69, 9.17) is 4.74 Å². The number of aromatic nitrogens is 2. The van der Waals surface area contributed by atoms with Crippen molar-refractivity contribution in [3.8, 4) is 0 Å². The number of carbonyl (C=O) groups is 2. The van der Waals surface area contributed by atoms with E-state index in [2.05, 4.69) is 16.8 Å². The number of imidazole rings is 1. The van der Waals surface area contributed by atoms with Crippen LogP contribution in [0.25, 0.3) is 11.0 Å². The van der Waals surface area contributed by atoms with Crippen molar-refractivity contribution in [1.82, 2.24) is 9.88 Å². The van der Waals surface area contributed by atoms with E-state index < -0.39 is 6.04 Å². The first-order valence-corrected chi connectivity index (χ1v) is 10.0. The van der Waals surface area contributed by atoms with E-state index in [1.807, 2.05) is 60.9 Å². The van der Waals surface area contributed by atoms with Gasteiger partial charge in [-0.3, -0.25) is 4.79 Å². The highest BCUT2D eigenvalue weighted by atomic mass is 16.5. The van der Waals surface area contributed by atoms with Crippen molar-refractivity contribution in [2.24, 2.45) is 0 Å². The average Bonchev–Trinajstić information content (AvgIpc) is 3.02. The van der Waals surface area contributed by atoms with Crippen LogP contribution in [0.5, 0.6) is 0 Å². The molecule has 2 aromatic carbocycles. The van der Waals surface area contributed by atoms with E-state index in [-0.39, 0.29) is 11.9 Å². The Bertz CT molecular complexity index is 1020. The number of ether oxygens (including phenoxy) is 1. The van der Waals surface area contributed by atoms with E-state index in [0.29, 0.717) is 18.7 Å². The number of benzene rings is 2. The maximum Gasteiger partial charge on any atom is 0.338 e. The van der Waals surface area contributed by atoms with Crippen molar-refractivity contribution >= 4 is 22.9 Å². The van der Waals surface area contributed by atoms with E-state index in [1.54, 1.807) is 13.0 Å². The molecular formula is C23H28N3O3+. The molecule has 0 saturated carbocycles. The van der Waals surface area contributed by atoms with Crippen LogP contribution in [0.2, 0.25) is 0 Å². The third-order valence-electron chi connectivity index (χ3n) is 5.17. The molecule has 29 heavy (non-hydrogen) atoms. The molecule has 6 heteroatoms. The molecule has 1 heterocycles. The number of esters is 1. The number of hydrogen-bond donors (Lipinski definition) is 1. The minimum absolute atomic E-state index is 0.0707. The summed E-state index contributed by atoms with van der Waals surface area (Å²) < 4.78 is 9.27. The summed E-state index contributed by atoms with van der Waals surface area (Å²) in [6.45, 7) is 9.29. The molecule has 0 unspecified atom stereocenters. The van der Waals surface area contributed by atoms with Crippen LogP contribution in [0, 0.1) is 6.92 Å². The van der Waals surface area contributed by atoms with Gasteiger partial charge < -0.3 is 10.1 Å². The molecule has 1 atom stereocenters. The van der Waals surface area contributed by atoms with Crippen LogP contribution in [-0.4, -0.2) is 23.1 Å². The minimum atomic E-state index is -0.425. The van der Waals surface area contributed by atoms with Gasteiger partial charge in [0, 0.05) is 19.5 Å². The molecular weight excluding hydrogens is 366 g/mol. The Morgan fingerprint density at radius 2 is 1.86 bits per heavy atom. The predicted molar refractivity (Wildman–Crippen MR) is 112 cm³/mol. The lowest BCUT2D eigenvalue weighted by molar-refractivity contribution is -0.675. The summed E-state index contributed by atoms with van der Waals surface area (Å²) >= 11 is 0. The van der Waals surface area contributed by atoms with Crippen LogP contribution in [-0.2, 0) is 22.6 Å². The van der Waals surface area contributed by atoms with Crippen LogP contribution in [0.3, 0.4) is 0 Å². The fraction of sp³-hybridized carbons (Fsp3) is 0.348. The average molecular weight is 394 g/mol. The van der Waals surface area contributed by atoms with Gasteiger partial charge in [-0.05, 0) is 38.5 Å². The summed E-state index contributed by atoms with van der Waals surface area (Å²) in [4.78, 5) is 25.1. The maximum absolute atomic E-state index is 12.9. The van der Waals surface area contributed by atoms with Crippen LogP contribution in [0.4, 0.5) is 0 Å². The summed E-state index contributed by atoms with van der Waals surface area (Å²) in [5, 5.41) is 3.01. The lowest BCUT2D eigenvalue weighted by Gasteiger charge is -2.12. The quantitative estimate of drug-likeness (QED) is 0.494. The fourth-order valence-corrected chi connectivity index (χ4v) is 3.70. The van der Waals surface area contributed by atoms with Crippen molar-refractivity contribution < 1.29 is 18.9 Å². The molecule has 152 valence electrons. The zero-order chi connectivity index (χ0) is 21.0. The number of hydrogen-bond acceptors (Lipinski definition) is 3. The number of nitrogens with one attached hydrogen (secondary N) is 1. The van der Waals surface area contributed by atoms with Gasteiger partial charge in [-0.25, -0.2) is 13.9 Å². The normalized spacial score (nSPS) is 12.0. The number of aryl methyl sites for hydroxylation is 1. The SMILES string of the molecule is CCOC(=O)c1ccc2c(c1)n([C@H](C)C(=O)NCc1ccccc1)c(C)[n+]2CC. The predicted octanol–water partition coefficient (Wildman–Crippen LogP) is 3.31. The first-order chi connectivity index (χ1) is 14.0. The van der Waals surface area contributed by atoms with Gasteiger partial charge in [0.05, 0.1) is 18.7 Å². The van der Waals surface area contributed by atoms with Crippen LogP contribution in [0.15, 0.2) is 48.5 Å². The molecule has 0 bridgehead atoms. The first-order valence-electron chi connectivity index (χ1n) is 10.0. The molecule has 0 aliphatic carbocycles. The molecule has 0 aliphatic rings. The monoisotopic (exact) mass is 394 g/mol. The number of nitrogens with zero attached hydrogens (tertiary/aromatic N) is 2. The van der Waals surface area contributed by atoms with E-state index in [1.165, 1.54) is 0 Å². The van der Waals surface area contributed by atoms with Crippen molar-refractivity contribution in [1.29, 1.82) is 0 Å². The highest BCUT2D eigenvalue weighted by Crippen LogP contribution is 2.22. The highest BCUT2D eigenvalue weighted by molar-refractivity contribution is 5.93. The Morgan fingerprint density at radius 1 is 1.14 bits per heavy atom. The van der Waals surface area contributed by atoms with Crippen LogP contribution < -0.4 is 9.88 Å². The topological polar surface area (TPSA) is 64.2 Å². The molecule has 1 aromatic heterocycles. The Labute approximate surface area is 171 Å². The van der Waals surface area contributed by atoms with Crippen molar-refractivity contribution in [2.75, 3.05) is 6.61 Å². The van der Waals surface area contributed by atoms with Gasteiger partial charge in [-0.15, -0.1) is 0 Å². The number of rotatable bonds is 7. The van der Waals surface area contributed by atoms with E-state index in [0.717, 1.165) is 29.0 Å². The second-order valence-electron chi connectivity index (χ2n) is 6.96. The lowest BCUT2D eigenvalue weighted by Crippen LogP contribution is -2.37. The molecule has 3 rings (SSSR count). The summed E-state index contributed by atoms with van der Waals surface area (Å²) in [6, 6.07) is 14.9. The Balaban J connectivity index is 1.95. The third kappa shape index (κ3) is 4.16. The van der Waals surface area contributed by atoms with Gasteiger partial charge in [-0.2, -0.15) is 0 Å². The zero-order valence-electron chi connectivity index (χ0n) is 17.4. The van der Waals surface area contributed by atoms with Crippen LogP contribution in [0.1, 0.15) is 48.6 Å². The second kappa shape index (κ2) is 8.90.